The fraction of sp³-hybridized carbons (Fsp3) is 0.333. The Labute approximate surface area is 113 Å². The van der Waals surface area contributed by atoms with Crippen LogP contribution in [0.4, 0.5) is 5.69 Å². The zero-order valence-corrected chi connectivity index (χ0v) is 11.5. The molecule has 0 bridgehead atoms. The highest BCUT2D eigenvalue weighted by atomic mass is 16.2. The summed E-state index contributed by atoms with van der Waals surface area (Å²) in [5.74, 6) is -0.0736. The standard InChI is InChI=1S/C15H19N3O/c1-9(2)13(16)15(19)18-12-6-4-5-11-8-7-10(3)17-14(11)12/h4-9,13H,16H2,1-3H3,(H,18,19)/t13-/m0/s1. The number of fused-ring (bicyclic) bond motifs is 1. The molecule has 1 aromatic carbocycles. The Morgan fingerprint density at radius 3 is 2.68 bits per heavy atom. The monoisotopic (exact) mass is 257 g/mol. The Balaban J connectivity index is 2.35. The van der Waals surface area contributed by atoms with Crippen LogP contribution in [-0.2, 0) is 4.79 Å². The Bertz CT molecular complexity index is 607. The van der Waals surface area contributed by atoms with Gasteiger partial charge < -0.3 is 11.1 Å². The van der Waals surface area contributed by atoms with Gasteiger partial charge in [-0.1, -0.05) is 32.0 Å². The second kappa shape index (κ2) is 5.36. The molecule has 4 nitrogen and oxygen atoms in total. The number of para-hydroxylation sites is 1. The first kappa shape index (κ1) is 13.5. The molecule has 0 unspecified atom stereocenters. The zero-order chi connectivity index (χ0) is 14.0. The van der Waals surface area contributed by atoms with Gasteiger partial charge in [-0.15, -0.1) is 0 Å². The second-order valence-electron chi connectivity index (χ2n) is 5.09. The van der Waals surface area contributed by atoms with E-state index in [1.54, 1.807) is 0 Å². The van der Waals surface area contributed by atoms with Crippen LogP contribution in [0.3, 0.4) is 0 Å². The van der Waals surface area contributed by atoms with Gasteiger partial charge in [0.05, 0.1) is 17.2 Å². The van der Waals surface area contributed by atoms with Crippen molar-refractivity contribution < 1.29 is 4.79 Å². The van der Waals surface area contributed by atoms with E-state index in [0.29, 0.717) is 5.69 Å². The molecule has 19 heavy (non-hydrogen) atoms. The lowest BCUT2D eigenvalue weighted by Crippen LogP contribution is -2.39. The number of pyridine rings is 1. The van der Waals surface area contributed by atoms with Crippen molar-refractivity contribution >= 4 is 22.5 Å². The Morgan fingerprint density at radius 1 is 1.26 bits per heavy atom. The second-order valence-corrected chi connectivity index (χ2v) is 5.09. The van der Waals surface area contributed by atoms with E-state index in [2.05, 4.69) is 10.3 Å². The molecule has 1 heterocycles. The topological polar surface area (TPSA) is 68.0 Å². The van der Waals surface area contributed by atoms with Crippen LogP contribution in [0.1, 0.15) is 19.5 Å². The highest BCUT2D eigenvalue weighted by Gasteiger charge is 2.18. The van der Waals surface area contributed by atoms with Crippen molar-refractivity contribution in [2.75, 3.05) is 5.32 Å². The molecule has 3 N–H and O–H groups in total. The van der Waals surface area contributed by atoms with Crippen LogP contribution in [0.5, 0.6) is 0 Å². The van der Waals surface area contributed by atoms with Gasteiger partial charge in [0.2, 0.25) is 5.91 Å². The van der Waals surface area contributed by atoms with Gasteiger partial charge in [0.15, 0.2) is 0 Å². The van der Waals surface area contributed by atoms with Crippen molar-refractivity contribution in [3.63, 3.8) is 0 Å². The third-order valence-electron chi connectivity index (χ3n) is 3.14. The summed E-state index contributed by atoms with van der Waals surface area (Å²) in [5, 5.41) is 3.87. The lowest BCUT2D eigenvalue weighted by Gasteiger charge is -2.16. The molecule has 0 aliphatic heterocycles. The molecule has 0 aliphatic rings. The number of anilines is 1. The van der Waals surface area contributed by atoms with Crippen LogP contribution >= 0.6 is 0 Å². The summed E-state index contributed by atoms with van der Waals surface area (Å²) < 4.78 is 0. The van der Waals surface area contributed by atoms with Crippen LogP contribution in [0.15, 0.2) is 30.3 Å². The first-order valence-corrected chi connectivity index (χ1v) is 6.42. The van der Waals surface area contributed by atoms with E-state index in [1.807, 2.05) is 51.1 Å². The van der Waals surface area contributed by atoms with Gasteiger partial charge in [-0.05, 0) is 25.0 Å². The lowest BCUT2D eigenvalue weighted by molar-refractivity contribution is -0.118. The summed E-state index contributed by atoms with van der Waals surface area (Å²) in [4.78, 5) is 16.5. The van der Waals surface area contributed by atoms with E-state index in [9.17, 15) is 4.79 Å². The van der Waals surface area contributed by atoms with E-state index in [-0.39, 0.29) is 11.8 Å². The summed E-state index contributed by atoms with van der Waals surface area (Å²) in [7, 11) is 0. The van der Waals surface area contributed by atoms with Crippen LogP contribution in [0, 0.1) is 12.8 Å². The van der Waals surface area contributed by atoms with E-state index >= 15 is 0 Å². The van der Waals surface area contributed by atoms with Gasteiger partial charge >= 0.3 is 0 Å². The van der Waals surface area contributed by atoms with Crippen molar-refractivity contribution in [1.29, 1.82) is 0 Å². The number of amides is 1. The maximum atomic E-state index is 12.0. The van der Waals surface area contributed by atoms with Gasteiger partial charge in [-0.25, -0.2) is 0 Å². The van der Waals surface area contributed by atoms with Crippen LogP contribution in [0.2, 0.25) is 0 Å². The van der Waals surface area contributed by atoms with Crippen LogP contribution in [0.25, 0.3) is 10.9 Å². The lowest BCUT2D eigenvalue weighted by atomic mass is 10.0. The molecule has 2 aromatic rings. The van der Waals surface area contributed by atoms with E-state index < -0.39 is 6.04 Å². The molecule has 0 radical (unpaired) electrons. The minimum absolute atomic E-state index is 0.102. The van der Waals surface area contributed by atoms with Crippen molar-refractivity contribution in [2.24, 2.45) is 11.7 Å². The third kappa shape index (κ3) is 2.90. The summed E-state index contributed by atoms with van der Waals surface area (Å²) in [6.07, 6.45) is 0. The van der Waals surface area contributed by atoms with Gasteiger partial charge in [0, 0.05) is 11.1 Å². The number of carbonyl (C=O) groups is 1. The number of carbonyl (C=O) groups excluding carboxylic acids is 1. The predicted octanol–water partition coefficient (Wildman–Crippen LogP) is 2.47. The average molecular weight is 257 g/mol. The molecule has 1 amide bonds. The maximum Gasteiger partial charge on any atom is 0.241 e. The smallest absolute Gasteiger partial charge is 0.241 e. The van der Waals surface area contributed by atoms with Gasteiger partial charge in [-0.3, -0.25) is 9.78 Å². The average Bonchev–Trinajstić information content (AvgIpc) is 2.38. The summed E-state index contributed by atoms with van der Waals surface area (Å²) in [6.45, 7) is 5.78. The molecule has 4 heteroatoms. The minimum Gasteiger partial charge on any atom is -0.323 e. The molecule has 2 rings (SSSR count). The van der Waals surface area contributed by atoms with E-state index in [1.165, 1.54) is 0 Å². The molecular weight excluding hydrogens is 238 g/mol. The van der Waals surface area contributed by atoms with Crippen molar-refractivity contribution in [1.82, 2.24) is 4.98 Å². The molecule has 0 fully saturated rings. The fourth-order valence-corrected chi connectivity index (χ4v) is 1.86. The summed E-state index contributed by atoms with van der Waals surface area (Å²) >= 11 is 0. The quantitative estimate of drug-likeness (QED) is 0.887. The zero-order valence-electron chi connectivity index (χ0n) is 11.5. The normalized spacial score (nSPS) is 12.7. The van der Waals surface area contributed by atoms with Crippen molar-refractivity contribution in [3.8, 4) is 0 Å². The number of nitrogens with zero attached hydrogens (tertiary/aromatic N) is 1. The highest BCUT2D eigenvalue weighted by Crippen LogP contribution is 2.22. The fourth-order valence-electron chi connectivity index (χ4n) is 1.86. The van der Waals surface area contributed by atoms with E-state index in [0.717, 1.165) is 16.6 Å². The van der Waals surface area contributed by atoms with Gasteiger partial charge in [-0.2, -0.15) is 0 Å². The van der Waals surface area contributed by atoms with Gasteiger partial charge in [0.25, 0.3) is 0 Å². The number of aryl methyl sites for hydroxylation is 1. The van der Waals surface area contributed by atoms with Gasteiger partial charge in [0.1, 0.15) is 0 Å². The predicted molar refractivity (Wildman–Crippen MR) is 77.9 cm³/mol. The number of rotatable bonds is 3. The molecule has 0 saturated carbocycles. The maximum absolute atomic E-state index is 12.0. The summed E-state index contributed by atoms with van der Waals surface area (Å²) in [5.41, 5.74) is 8.28. The van der Waals surface area contributed by atoms with Crippen molar-refractivity contribution in [2.45, 2.75) is 26.8 Å². The van der Waals surface area contributed by atoms with Crippen molar-refractivity contribution in [3.05, 3.63) is 36.0 Å². The first-order chi connectivity index (χ1) is 8.99. The minimum atomic E-state index is -0.514. The number of hydrogen-bond donors (Lipinski definition) is 2. The van der Waals surface area contributed by atoms with Crippen LogP contribution < -0.4 is 11.1 Å². The number of aromatic nitrogens is 1. The molecule has 1 aromatic heterocycles. The molecular formula is C15H19N3O. The molecule has 1 atom stereocenters. The number of nitrogens with one attached hydrogen (secondary N) is 1. The molecule has 0 aliphatic carbocycles. The Kier molecular flexibility index (Phi) is 3.81. The first-order valence-electron chi connectivity index (χ1n) is 6.42. The SMILES string of the molecule is Cc1ccc2cccc(NC(=O)[C@@H](N)C(C)C)c2n1. The Hall–Kier alpha value is -1.94. The molecule has 0 saturated heterocycles. The largest absolute Gasteiger partial charge is 0.323 e. The Morgan fingerprint density at radius 2 is 2.00 bits per heavy atom. The molecule has 0 spiro atoms. The number of benzene rings is 1. The number of hydrogen-bond acceptors (Lipinski definition) is 3. The summed E-state index contributed by atoms with van der Waals surface area (Å²) in [6, 6.07) is 9.15. The number of nitrogens with two attached hydrogens (primary N) is 1. The molecule has 100 valence electrons. The highest BCUT2D eigenvalue weighted by molar-refractivity contribution is 6.02. The van der Waals surface area contributed by atoms with Crippen LogP contribution in [-0.4, -0.2) is 16.9 Å². The third-order valence-corrected chi connectivity index (χ3v) is 3.14. The van der Waals surface area contributed by atoms with E-state index in [4.69, 9.17) is 5.73 Å².